The summed E-state index contributed by atoms with van der Waals surface area (Å²) < 4.78 is 14.0. The molecular formula is C17H18FN5O2S. The molecule has 0 unspecified atom stereocenters. The van der Waals surface area contributed by atoms with Gasteiger partial charge >= 0.3 is 0 Å². The maximum Gasteiger partial charge on any atom is 0.271 e. The number of carbonyl (C=O) groups is 1. The molecule has 0 aliphatic rings. The summed E-state index contributed by atoms with van der Waals surface area (Å²) in [7, 11) is 0. The van der Waals surface area contributed by atoms with Gasteiger partial charge in [-0.05, 0) is 36.9 Å². The number of hydrogen-bond donors (Lipinski definition) is 3. The normalized spacial score (nSPS) is 13.4. The van der Waals surface area contributed by atoms with Gasteiger partial charge in [-0.3, -0.25) is 9.78 Å². The van der Waals surface area contributed by atoms with Crippen molar-refractivity contribution in [3.05, 3.63) is 47.0 Å². The maximum atomic E-state index is 13.4. The van der Waals surface area contributed by atoms with Crippen molar-refractivity contribution in [1.82, 2.24) is 20.3 Å². The number of aliphatic hydroxyl groups is 1. The van der Waals surface area contributed by atoms with Crippen LogP contribution in [0, 0.1) is 5.82 Å². The van der Waals surface area contributed by atoms with Crippen LogP contribution in [0.15, 0.2) is 29.9 Å². The third kappa shape index (κ3) is 4.12. The molecule has 0 radical (unpaired) electrons. The molecule has 1 amide bonds. The first kappa shape index (κ1) is 18.2. The Labute approximate surface area is 153 Å². The van der Waals surface area contributed by atoms with Crippen LogP contribution in [0.3, 0.4) is 0 Å². The lowest BCUT2D eigenvalue weighted by Gasteiger charge is -2.15. The minimum absolute atomic E-state index is 0.129. The molecule has 0 fully saturated rings. The number of anilines is 1. The van der Waals surface area contributed by atoms with E-state index in [4.69, 9.17) is 0 Å². The summed E-state index contributed by atoms with van der Waals surface area (Å²) in [6, 6.07) is 2.87. The fourth-order valence-electron chi connectivity index (χ4n) is 2.35. The van der Waals surface area contributed by atoms with Crippen LogP contribution in [0.25, 0.3) is 10.2 Å². The van der Waals surface area contributed by atoms with Crippen LogP contribution in [0.1, 0.15) is 35.9 Å². The molecule has 3 aromatic heterocycles. The number of fused-ring (bicyclic) bond motifs is 1. The highest BCUT2D eigenvalue weighted by Gasteiger charge is 2.18. The van der Waals surface area contributed by atoms with Crippen LogP contribution in [0.4, 0.5) is 10.3 Å². The average molecular weight is 375 g/mol. The Bertz CT molecular complexity index is 930. The van der Waals surface area contributed by atoms with Gasteiger partial charge in [0.25, 0.3) is 5.91 Å². The van der Waals surface area contributed by atoms with Gasteiger partial charge < -0.3 is 15.7 Å². The molecule has 0 saturated heterocycles. The molecule has 3 heterocycles. The van der Waals surface area contributed by atoms with Crippen molar-refractivity contribution >= 4 is 33.4 Å². The van der Waals surface area contributed by atoms with E-state index in [-0.39, 0.29) is 30.1 Å². The Kier molecular flexibility index (Phi) is 5.38. The number of aromatic nitrogens is 3. The van der Waals surface area contributed by atoms with Gasteiger partial charge in [0.2, 0.25) is 5.95 Å². The van der Waals surface area contributed by atoms with E-state index in [9.17, 15) is 14.3 Å². The quantitative estimate of drug-likeness (QED) is 0.612. The summed E-state index contributed by atoms with van der Waals surface area (Å²) in [4.78, 5) is 25.0. The molecule has 136 valence electrons. The number of rotatable bonds is 6. The van der Waals surface area contributed by atoms with Gasteiger partial charge in [0.15, 0.2) is 5.69 Å². The van der Waals surface area contributed by atoms with Gasteiger partial charge in [-0.15, -0.1) is 11.3 Å². The summed E-state index contributed by atoms with van der Waals surface area (Å²) in [6.07, 6.45) is 2.03. The fourth-order valence-corrected chi connectivity index (χ4v) is 3.17. The Morgan fingerprint density at radius 2 is 2.15 bits per heavy atom. The minimum atomic E-state index is -0.655. The van der Waals surface area contributed by atoms with E-state index in [0.29, 0.717) is 15.8 Å². The number of thiophene rings is 1. The number of nitrogens with zero attached hydrogens (tertiary/aromatic N) is 3. The van der Waals surface area contributed by atoms with E-state index in [1.54, 1.807) is 19.2 Å². The molecule has 0 spiro atoms. The van der Waals surface area contributed by atoms with E-state index < -0.39 is 11.9 Å². The van der Waals surface area contributed by atoms with Crippen molar-refractivity contribution in [1.29, 1.82) is 0 Å². The largest absolute Gasteiger partial charge is 0.392 e. The Balaban J connectivity index is 1.88. The van der Waals surface area contributed by atoms with Crippen molar-refractivity contribution in [2.45, 2.75) is 26.0 Å². The molecule has 3 aromatic rings. The van der Waals surface area contributed by atoms with Crippen molar-refractivity contribution in [2.24, 2.45) is 0 Å². The smallest absolute Gasteiger partial charge is 0.271 e. The van der Waals surface area contributed by atoms with Crippen LogP contribution >= 0.6 is 11.3 Å². The number of hydrogen-bond acceptors (Lipinski definition) is 7. The van der Waals surface area contributed by atoms with Gasteiger partial charge in [-0.1, -0.05) is 0 Å². The van der Waals surface area contributed by atoms with Crippen molar-refractivity contribution in [2.75, 3.05) is 11.9 Å². The summed E-state index contributed by atoms with van der Waals surface area (Å²) >= 11 is 1.37. The van der Waals surface area contributed by atoms with Crippen LogP contribution in [0.2, 0.25) is 0 Å². The molecule has 9 heteroatoms. The zero-order chi connectivity index (χ0) is 18.7. The topological polar surface area (TPSA) is 100 Å². The molecule has 7 nitrogen and oxygen atoms in total. The molecule has 2 atom stereocenters. The zero-order valence-corrected chi connectivity index (χ0v) is 15.0. The number of carbonyl (C=O) groups excluding carboxylic acids is 1. The van der Waals surface area contributed by atoms with Crippen molar-refractivity contribution < 1.29 is 14.3 Å². The van der Waals surface area contributed by atoms with E-state index >= 15 is 0 Å². The number of aliphatic hydroxyl groups excluding tert-OH is 1. The molecular weight excluding hydrogens is 357 g/mol. The van der Waals surface area contributed by atoms with E-state index in [0.717, 1.165) is 6.20 Å². The highest BCUT2D eigenvalue weighted by Crippen LogP contribution is 2.25. The molecule has 0 bridgehead atoms. The second-order valence-electron chi connectivity index (χ2n) is 5.89. The predicted molar refractivity (Wildman–Crippen MR) is 97.7 cm³/mol. The standard InChI is InChI=1S/C17H18FN5O2S/c1-9(24)6-20-16(25)14-15-13(3-4-26-15)22-17(23-14)21-10(2)11-5-12(18)8-19-7-11/h3-5,7-10,24H,6H2,1-2H3,(H,20,25)(H,21,22,23)/t9-,10-/m0/s1. The second kappa shape index (κ2) is 7.71. The van der Waals surface area contributed by atoms with Crippen molar-refractivity contribution in [3.63, 3.8) is 0 Å². The third-order valence-electron chi connectivity index (χ3n) is 3.65. The Morgan fingerprint density at radius 1 is 1.35 bits per heavy atom. The van der Waals surface area contributed by atoms with Crippen molar-refractivity contribution in [3.8, 4) is 0 Å². The van der Waals surface area contributed by atoms with Crippen LogP contribution in [0.5, 0.6) is 0 Å². The first-order chi connectivity index (χ1) is 12.4. The third-order valence-corrected chi connectivity index (χ3v) is 4.56. The van der Waals surface area contributed by atoms with Gasteiger partial charge in [0.1, 0.15) is 5.82 Å². The van der Waals surface area contributed by atoms with Gasteiger partial charge in [0, 0.05) is 12.7 Å². The number of amides is 1. The van der Waals surface area contributed by atoms with Crippen LogP contribution < -0.4 is 10.6 Å². The lowest BCUT2D eigenvalue weighted by atomic mass is 10.1. The first-order valence-electron chi connectivity index (χ1n) is 8.02. The molecule has 3 rings (SSSR count). The summed E-state index contributed by atoms with van der Waals surface area (Å²) in [5.41, 5.74) is 1.51. The molecule has 0 aromatic carbocycles. The number of pyridine rings is 1. The summed E-state index contributed by atoms with van der Waals surface area (Å²) in [6.45, 7) is 3.54. The van der Waals surface area contributed by atoms with Gasteiger partial charge in [-0.25, -0.2) is 14.4 Å². The average Bonchev–Trinajstić information content (AvgIpc) is 3.07. The lowest BCUT2D eigenvalue weighted by molar-refractivity contribution is 0.0921. The Hall–Kier alpha value is -2.65. The number of nitrogens with one attached hydrogen (secondary N) is 2. The molecule has 26 heavy (non-hydrogen) atoms. The first-order valence-corrected chi connectivity index (χ1v) is 8.90. The second-order valence-corrected chi connectivity index (χ2v) is 6.81. The monoisotopic (exact) mass is 375 g/mol. The number of halogens is 1. The Morgan fingerprint density at radius 3 is 2.88 bits per heavy atom. The van der Waals surface area contributed by atoms with Crippen LogP contribution in [-0.2, 0) is 0 Å². The molecule has 0 saturated carbocycles. The SMILES string of the molecule is C[C@H](O)CNC(=O)c1nc(N[C@@H](C)c2cncc(F)c2)nc2ccsc12. The fraction of sp³-hybridized carbons (Fsp3) is 0.294. The molecule has 0 aliphatic heterocycles. The van der Waals surface area contributed by atoms with E-state index in [2.05, 4.69) is 25.6 Å². The van der Waals surface area contributed by atoms with Gasteiger partial charge in [0.05, 0.1) is 28.6 Å². The summed E-state index contributed by atoms with van der Waals surface area (Å²) in [5.74, 6) is -0.553. The summed E-state index contributed by atoms with van der Waals surface area (Å²) in [5, 5.41) is 16.9. The molecule has 0 aliphatic carbocycles. The van der Waals surface area contributed by atoms with Crippen LogP contribution in [-0.4, -0.2) is 38.6 Å². The molecule has 3 N–H and O–H groups in total. The predicted octanol–water partition coefficient (Wildman–Crippen LogP) is 2.51. The highest BCUT2D eigenvalue weighted by molar-refractivity contribution is 7.17. The van der Waals surface area contributed by atoms with E-state index in [1.807, 2.05) is 12.3 Å². The van der Waals surface area contributed by atoms with Gasteiger partial charge in [-0.2, -0.15) is 0 Å². The maximum absolute atomic E-state index is 13.4. The zero-order valence-electron chi connectivity index (χ0n) is 14.2. The highest BCUT2D eigenvalue weighted by atomic mass is 32.1. The lowest BCUT2D eigenvalue weighted by Crippen LogP contribution is -2.31. The van der Waals surface area contributed by atoms with E-state index in [1.165, 1.54) is 17.4 Å². The minimum Gasteiger partial charge on any atom is -0.392 e.